The standard InChI is InChI=1S/C3H3FO2.ClH/c1-2(4)3(5)6;/h1H2,(H,5,6);1H. The minimum atomic E-state index is -1.60. The number of hydrogen-bond acceptors (Lipinski definition) is 1. The lowest BCUT2D eigenvalue weighted by atomic mass is 10.6. The number of carboxylic acid groups (broad SMARTS) is 1. The highest BCUT2D eigenvalue weighted by atomic mass is 35.5. The van der Waals surface area contributed by atoms with Crippen molar-refractivity contribution in [1.29, 1.82) is 0 Å². The molecule has 0 unspecified atom stereocenters. The van der Waals surface area contributed by atoms with E-state index in [0.717, 1.165) is 0 Å². The molecule has 0 amide bonds. The second-order valence-corrected chi connectivity index (χ2v) is 0.710. The summed E-state index contributed by atoms with van der Waals surface area (Å²) in [5.41, 5.74) is 0. The Labute approximate surface area is 46.1 Å². The number of aliphatic carboxylic acids is 1. The van der Waals surface area contributed by atoms with Gasteiger partial charge in [0.1, 0.15) is 0 Å². The Morgan fingerprint density at radius 2 is 1.86 bits per heavy atom. The van der Waals surface area contributed by atoms with E-state index in [4.69, 9.17) is 5.11 Å². The molecule has 0 aromatic heterocycles. The summed E-state index contributed by atoms with van der Waals surface area (Å²) in [5.74, 6) is -2.93. The van der Waals surface area contributed by atoms with Crippen molar-refractivity contribution in [3.8, 4) is 0 Å². The zero-order valence-electron chi connectivity index (χ0n) is 3.35. The van der Waals surface area contributed by atoms with E-state index >= 15 is 0 Å². The number of halogens is 2. The summed E-state index contributed by atoms with van der Waals surface area (Å²) >= 11 is 0. The van der Waals surface area contributed by atoms with Gasteiger partial charge in [0.05, 0.1) is 0 Å². The number of hydrogen-bond donors (Lipinski definition) is 1. The molecule has 0 fully saturated rings. The third-order valence-electron chi connectivity index (χ3n) is 0.232. The first-order valence-corrected chi connectivity index (χ1v) is 1.22. The minimum Gasteiger partial charge on any atom is -0.476 e. The summed E-state index contributed by atoms with van der Waals surface area (Å²) in [5, 5.41) is 7.52. The molecule has 0 aliphatic carbocycles. The molecule has 0 aliphatic heterocycles. The first-order chi connectivity index (χ1) is 2.64. The van der Waals surface area contributed by atoms with Crippen LogP contribution in [0.3, 0.4) is 0 Å². The molecule has 0 heterocycles. The van der Waals surface area contributed by atoms with Gasteiger partial charge < -0.3 is 5.11 Å². The lowest BCUT2D eigenvalue weighted by molar-refractivity contribution is -0.134. The predicted molar refractivity (Wildman–Crippen MR) is 25.1 cm³/mol. The molecule has 0 radical (unpaired) electrons. The largest absolute Gasteiger partial charge is 0.476 e. The van der Waals surface area contributed by atoms with Gasteiger partial charge in [-0.1, -0.05) is 6.58 Å². The van der Waals surface area contributed by atoms with Gasteiger partial charge in [-0.15, -0.1) is 12.4 Å². The van der Waals surface area contributed by atoms with Crippen molar-refractivity contribution in [2.24, 2.45) is 0 Å². The van der Waals surface area contributed by atoms with Gasteiger partial charge in [-0.2, -0.15) is 4.39 Å². The van der Waals surface area contributed by atoms with Crippen LogP contribution in [-0.2, 0) is 4.79 Å². The fraction of sp³-hybridized carbons (Fsp3) is 0. The molecule has 42 valence electrons. The van der Waals surface area contributed by atoms with Gasteiger partial charge in [0, 0.05) is 0 Å². The summed E-state index contributed by atoms with van der Waals surface area (Å²) in [6.45, 7) is 2.49. The van der Waals surface area contributed by atoms with Crippen molar-refractivity contribution in [3.05, 3.63) is 12.4 Å². The van der Waals surface area contributed by atoms with Gasteiger partial charge in [-0.3, -0.25) is 0 Å². The molecule has 7 heavy (non-hydrogen) atoms. The SMILES string of the molecule is C=C(F)C(=O)O.Cl. The van der Waals surface area contributed by atoms with Crippen LogP contribution < -0.4 is 0 Å². The average molecular weight is 127 g/mol. The molecule has 0 aromatic rings. The van der Waals surface area contributed by atoms with E-state index in [9.17, 15) is 9.18 Å². The highest BCUT2D eigenvalue weighted by Crippen LogP contribution is 1.86. The third kappa shape index (κ3) is 5.43. The smallest absolute Gasteiger partial charge is 0.364 e. The highest BCUT2D eigenvalue weighted by Gasteiger charge is 1.96. The lowest BCUT2D eigenvalue weighted by Gasteiger charge is -1.75. The monoisotopic (exact) mass is 126 g/mol. The number of carbonyl (C=O) groups is 1. The summed E-state index contributed by atoms with van der Waals surface area (Å²) in [7, 11) is 0. The van der Waals surface area contributed by atoms with Gasteiger partial charge in [0.2, 0.25) is 5.83 Å². The molecule has 0 saturated carbocycles. The maximum atomic E-state index is 11.0. The molecule has 0 bridgehead atoms. The van der Waals surface area contributed by atoms with E-state index in [1.54, 1.807) is 0 Å². The molecule has 0 atom stereocenters. The quantitative estimate of drug-likeness (QED) is 0.532. The maximum absolute atomic E-state index is 11.0. The van der Waals surface area contributed by atoms with Crippen LogP contribution in [0.1, 0.15) is 0 Å². The summed E-state index contributed by atoms with van der Waals surface area (Å²) in [4.78, 5) is 9.22. The Bertz CT molecular complexity index is 78.9. The number of carboxylic acids is 1. The van der Waals surface area contributed by atoms with Crippen molar-refractivity contribution in [3.63, 3.8) is 0 Å². The topological polar surface area (TPSA) is 37.3 Å². The van der Waals surface area contributed by atoms with E-state index in [-0.39, 0.29) is 12.4 Å². The van der Waals surface area contributed by atoms with Crippen LogP contribution in [-0.4, -0.2) is 11.1 Å². The lowest BCUT2D eigenvalue weighted by Crippen LogP contribution is -1.90. The fourth-order valence-corrected chi connectivity index (χ4v) is 0. The van der Waals surface area contributed by atoms with Crippen molar-refractivity contribution >= 4 is 18.4 Å². The minimum absolute atomic E-state index is 0. The Hall–Kier alpha value is -0.570. The van der Waals surface area contributed by atoms with Crippen LogP contribution in [0, 0.1) is 0 Å². The fourth-order valence-electron chi connectivity index (χ4n) is 0. The molecular weight excluding hydrogens is 122 g/mol. The first-order valence-electron chi connectivity index (χ1n) is 1.22. The van der Waals surface area contributed by atoms with E-state index < -0.39 is 11.8 Å². The second kappa shape index (κ2) is 3.61. The number of rotatable bonds is 1. The molecule has 2 nitrogen and oxygen atoms in total. The summed E-state index contributed by atoms with van der Waals surface area (Å²) in [6.07, 6.45) is 0. The zero-order chi connectivity index (χ0) is 5.15. The van der Waals surface area contributed by atoms with E-state index in [2.05, 4.69) is 6.58 Å². The molecule has 0 aromatic carbocycles. The zero-order valence-corrected chi connectivity index (χ0v) is 4.17. The molecule has 0 rings (SSSR count). The van der Waals surface area contributed by atoms with Crippen molar-refractivity contribution in [2.75, 3.05) is 0 Å². The van der Waals surface area contributed by atoms with Crippen LogP contribution in [0.4, 0.5) is 4.39 Å². The molecule has 1 N–H and O–H groups in total. The maximum Gasteiger partial charge on any atom is 0.364 e. The van der Waals surface area contributed by atoms with E-state index in [0.29, 0.717) is 0 Å². The molecule has 0 spiro atoms. The van der Waals surface area contributed by atoms with Gasteiger partial charge in [-0.05, 0) is 0 Å². The predicted octanol–water partition coefficient (Wildman–Crippen LogP) is 0.976. The molecular formula is C3H4ClFO2. The Kier molecular flexibility index (Phi) is 4.99. The van der Waals surface area contributed by atoms with Crippen LogP contribution in [0.2, 0.25) is 0 Å². The van der Waals surface area contributed by atoms with Crippen LogP contribution in [0.15, 0.2) is 12.4 Å². The molecule has 4 heteroatoms. The molecule has 0 aliphatic rings. The second-order valence-electron chi connectivity index (χ2n) is 0.710. The highest BCUT2D eigenvalue weighted by molar-refractivity contribution is 5.85. The normalized spacial score (nSPS) is 6.43. The van der Waals surface area contributed by atoms with Gasteiger partial charge >= 0.3 is 5.97 Å². The van der Waals surface area contributed by atoms with Crippen molar-refractivity contribution in [1.82, 2.24) is 0 Å². The average Bonchev–Trinajstić information content (AvgIpc) is 1.36. The van der Waals surface area contributed by atoms with Crippen LogP contribution in [0.5, 0.6) is 0 Å². The van der Waals surface area contributed by atoms with Crippen molar-refractivity contribution < 1.29 is 14.3 Å². The van der Waals surface area contributed by atoms with Gasteiger partial charge in [0.15, 0.2) is 0 Å². The van der Waals surface area contributed by atoms with Crippen molar-refractivity contribution in [2.45, 2.75) is 0 Å². The molecule has 0 saturated heterocycles. The third-order valence-corrected chi connectivity index (χ3v) is 0.232. The van der Waals surface area contributed by atoms with Crippen LogP contribution >= 0.6 is 12.4 Å². The Balaban J connectivity index is 0. The first kappa shape index (κ1) is 9.66. The Morgan fingerprint density at radius 3 is 1.86 bits per heavy atom. The Morgan fingerprint density at radius 1 is 1.71 bits per heavy atom. The summed E-state index contributed by atoms with van der Waals surface area (Å²) < 4.78 is 11.0. The van der Waals surface area contributed by atoms with Crippen LogP contribution in [0.25, 0.3) is 0 Å². The van der Waals surface area contributed by atoms with E-state index in [1.165, 1.54) is 0 Å². The van der Waals surface area contributed by atoms with E-state index in [1.807, 2.05) is 0 Å². The van der Waals surface area contributed by atoms with Gasteiger partial charge in [0.25, 0.3) is 0 Å². The summed E-state index contributed by atoms with van der Waals surface area (Å²) in [6, 6.07) is 0. The van der Waals surface area contributed by atoms with Gasteiger partial charge in [-0.25, -0.2) is 4.79 Å².